The van der Waals surface area contributed by atoms with Crippen molar-refractivity contribution in [2.45, 2.75) is 58.3 Å². The number of methoxy groups -OCH3 is 1. The minimum Gasteiger partial charge on any atom is -0.493 e. The molecule has 0 heterocycles. The first kappa shape index (κ1) is 19.1. The summed E-state index contributed by atoms with van der Waals surface area (Å²) in [7, 11) is 1.67. The maximum Gasteiger partial charge on any atom is 0.260 e. The molecule has 3 aliphatic carbocycles. The molecule has 2 saturated carbocycles. The number of hydrogen-bond acceptors (Lipinski definition) is 6. The lowest BCUT2D eigenvalue weighted by atomic mass is 9.55. The summed E-state index contributed by atoms with van der Waals surface area (Å²) in [5, 5.41) is 0. The molecule has 148 valence electrons. The van der Waals surface area contributed by atoms with Crippen LogP contribution in [0, 0.1) is 17.3 Å². The van der Waals surface area contributed by atoms with Crippen LogP contribution in [-0.4, -0.2) is 7.11 Å². The monoisotopic (exact) mass is 391 g/mol. The van der Waals surface area contributed by atoms with E-state index in [-0.39, 0.29) is 0 Å². The van der Waals surface area contributed by atoms with Crippen molar-refractivity contribution in [3.05, 3.63) is 34.9 Å². The van der Waals surface area contributed by atoms with Gasteiger partial charge in [0.05, 0.1) is 7.11 Å². The lowest BCUT2D eigenvalue weighted by Gasteiger charge is -2.49. The Morgan fingerprint density at radius 3 is 2.78 bits per heavy atom. The average molecular weight is 392 g/mol. The number of rotatable bonds is 5. The fourth-order valence-electron chi connectivity index (χ4n) is 6.19. The van der Waals surface area contributed by atoms with E-state index >= 15 is 0 Å². The second-order valence-corrected chi connectivity index (χ2v) is 8.68. The highest BCUT2D eigenvalue weighted by Crippen LogP contribution is 2.63. The first-order valence-corrected chi connectivity index (χ1v) is 10.5. The third-order valence-corrected chi connectivity index (χ3v) is 7.78. The Bertz CT molecular complexity index is 737. The number of ether oxygens (including phenoxy) is 1. The van der Waals surface area contributed by atoms with Crippen LogP contribution in [0.2, 0.25) is 0 Å². The number of allylic oxidation sites excluding steroid dienone is 2. The molecule has 2 fully saturated rings. The van der Waals surface area contributed by atoms with Gasteiger partial charge in [0.25, 0.3) is 12.3 Å². The van der Waals surface area contributed by atoms with E-state index in [1.54, 1.807) is 12.7 Å². The van der Waals surface area contributed by atoms with Gasteiger partial charge in [-0.25, -0.2) is 0 Å². The minimum absolute atomic E-state index is 0.413. The Hall–Kier alpha value is -1.21. The molecule has 6 heteroatoms. The van der Waals surface area contributed by atoms with Crippen molar-refractivity contribution in [3.8, 4) is 11.5 Å². The maximum absolute atomic E-state index is 5.59. The summed E-state index contributed by atoms with van der Waals surface area (Å²) in [6.45, 7) is 4.73. The molecule has 1 aromatic rings. The van der Waals surface area contributed by atoms with E-state index in [4.69, 9.17) is 14.8 Å². The minimum atomic E-state index is 0.413. The number of nitrogens with two attached hydrogens (primary N) is 1. The van der Waals surface area contributed by atoms with Crippen LogP contribution in [0.5, 0.6) is 11.5 Å². The molecule has 4 unspecified atom stereocenters. The van der Waals surface area contributed by atoms with Gasteiger partial charge in [-0.15, -0.1) is 9.32 Å². The molecule has 4 atom stereocenters. The lowest BCUT2D eigenvalue weighted by molar-refractivity contribution is -0.199. The van der Waals surface area contributed by atoms with E-state index in [9.17, 15) is 0 Å². The molecule has 0 bridgehead atoms. The number of fused-ring (bicyclic) bond motifs is 5. The maximum atomic E-state index is 5.59. The normalized spacial score (nSPS) is 33.3. The third kappa shape index (κ3) is 3.16. The number of aryl methyl sites for hydroxylation is 1. The zero-order valence-electron chi connectivity index (χ0n) is 16.3. The van der Waals surface area contributed by atoms with Gasteiger partial charge in [-0.1, -0.05) is 18.6 Å². The van der Waals surface area contributed by atoms with E-state index in [0.717, 1.165) is 24.0 Å². The van der Waals surface area contributed by atoms with Crippen molar-refractivity contribution in [1.82, 2.24) is 0 Å². The molecule has 4 rings (SSSR count). The molecule has 0 amide bonds. The predicted molar refractivity (Wildman–Crippen MR) is 106 cm³/mol. The molecule has 2 N–H and O–H groups in total. The Kier molecular flexibility index (Phi) is 5.43. The molecule has 5 nitrogen and oxygen atoms in total. The van der Waals surface area contributed by atoms with Crippen molar-refractivity contribution >= 4 is 12.3 Å². The molecule has 0 saturated heterocycles. The second-order valence-electron chi connectivity index (χ2n) is 8.24. The third-order valence-electron chi connectivity index (χ3n) is 7.40. The first-order chi connectivity index (χ1) is 13.1. The van der Waals surface area contributed by atoms with Crippen LogP contribution in [0.3, 0.4) is 0 Å². The quantitative estimate of drug-likeness (QED) is 0.243. The summed E-state index contributed by atoms with van der Waals surface area (Å²) in [5.74, 6) is 8.45. The van der Waals surface area contributed by atoms with Gasteiger partial charge in [-0.2, -0.15) is 5.90 Å². The van der Waals surface area contributed by atoms with Crippen molar-refractivity contribution in [3.63, 3.8) is 0 Å². The number of benzene rings is 1. The highest BCUT2D eigenvalue weighted by molar-refractivity contribution is 7.90. The SMILES string of the molecule is CC=C1CCC2C3CCc4cc(OSOON)c(OC)cc4C3CCC12C. The summed E-state index contributed by atoms with van der Waals surface area (Å²) in [4.78, 5) is 4.08. The van der Waals surface area contributed by atoms with Crippen molar-refractivity contribution in [2.24, 2.45) is 23.1 Å². The molecule has 0 radical (unpaired) electrons. The Morgan fingerprint density at radius 2 is 2.04 bits per heavy atom. The molecule has 0 aliphatic heterocycles. The van der Waals surface area contributed by atoms with Gasteiger partial charge in [0, 0.05) is 0 Å². The van der Waals surface area contributed by atoms with E-state index in [1.165, 1.54) is 43.2 Å². The van der Waals surface area contributed by atoms with Gasteiger partial charge in [0.2, 0.25) is 0 Å². The van der Waals surface area contributed by atoms with Crippen LogP contribution in [-0.2, 0) is 15.7 Å². The number of hydrogen-bond donors (Lipinski definition) is 1. The Morgan fingerprint density at radius 1 is 1.19 bits per heavy atom. The van der Waals surface area contributed by atoms with E-state index in [1.807, 2.05) is 0 Å². The fraction of sp³-hybridized carbons (Fsp3) is 0.619. The molecule has 0 aromatic heterocycles. The van der Waals surface area contributed by atoms with Crippen molar-refractivity contribution in [2.75, 3.05) is 7.11 Å². The van der Waals surface area contributed by atoms with Crippen LogP contribution in [0.1, 0.15) is 63.0 Å². The first-order valence-electron chi connectivity index (χ1n) is 9.85. The molecule has 0 spiro atoms. The van der Waals surface area contributed by atoms with Crippen LogP contribution < -0.4 is 14.8 Å². The summed E-state index contributed by atoms with van der Waals surface area (Å²) >= 11 is 0.691. The summed E-state index contributed by atoms with van der Waals surface area (Å²) in [6.07, 6.45) is 9.90. The summed E-state index contributed by atoms with van der Waals surface area (Å²) < 4.78 is 15.7. The van der Waals surface area contributed by atoms with Gasteiger partial charge in [-0.05, 0) is 91.9 Å². The van der Waals surface area contributed by atoms with E-state index < -0.39 is 0 Å². The second kappa shape index (κ2) is 7.66. The lowest BCUT2D eigenvalue weighted by Crippen LogP contribution is -2.40. The van der Waals surface area contributed by atoms with Crippen molar-refractivity contribution < 1.29 is 18.2 Å². The molecular weight excluding hydrogens is 362 g/mol. The highest BCUT2D eigenvalue weighted by atomic mass is 32.2. The van der Waals surface area contributed by atoms with E-state index in [2.05, 4.69) is 41.4 Å². The van der Waals surface area contributed by atoms with Crippen LogP contribution in [0.15, 0.2) is 23.8 Å². The fourth-order valence-corrected chi connectivity index (χ4v) is 6.45. The van der Waals surface area contributed by atoms with Gasteiger partial charge in [0.1, 0.15) is 0 Å². The van der Waals surface area contributed by atoms with Crippen LogP contribution >= 0.6 is 12.3 Å². The smallest absolute Gasteiger partial charge is 0.260 e. The molecular formula is C21H29NO4S. The Labute approximate surface area is 165 Å². The van der Waals surface area contributed by atoms with E-state index in [0.29, 0.717) is 29.4 Å². The van der Waals surface area contributed by atoms with Crippen molar-refractivity contribution in [1.29, 1.82) is 0 Å². The molecule has 27 heavy (non-hydrogen) atoms. The van der Waals surface area contributed by atoms with Crippen LogP contribution in [0.4, 0.5) is 0 Å². The van der Waals surface area contributed by atoms with Gasteiger partial charge in [0.15, 0.2) is 11.5 Å². The highest BCUT2D eigenvalue weighted by Gasteiger charge is 2.52. The topological polar surface area (TPSA) is 62.9 Å². The summed E-state index contributed by atoms with van der Waals surface area (Å²) in [6, 6.07) is 4.27. The average Bonchev–Trinajstić information content (AvgIpc) is 3.03. The zero-order chi connectivity index (χ0) is 19.0. The summed E-state index contributed by atoms with van der Waals surface area (Å²) in [5.41, 5.74) is 4.93. The Balaban J connectivity index is 1.63. The molecule has 3 aliphatic rings. The van der Waals surface area contributed by atoms with Crippen LogP contribution in [0.25, 0.3) is 0 Å². The predicted octanol–water partition coefficient (Wildman–Crippen LogP) is 5.26. The van der Waals surface area contributed by atoms with Gasteiger partial charge < -0.3 is 8.92 Å². The van der Waals surface area contributed by atoms with Gasteiger partial charge in [-0.3, -0.25) is 0 Å². The zero-order valence-corrected chi connectivity index (χ0v) is 17.1. The van der Waals surface area contributed by atoms with Gasteiger partial charge >= 0.3 is 0 Å². The largest absolute Gasteiger partial charge is 0.493 e. The standard InChI is InChI=1S/C21H29NO4S/c1-4-14-6-8-18-16-7-5-13-11-20(24-27-26-25-22)19(23-3)12-17(13)15(16)9-10-21(14,18)2/h4,11-12,15-16,18H,5-10,22H2,1-3H3. The molecule has 1 aromatic carbocycles.